The predicted octanol–water partition coefficient (Wildman–Crippen LogP) is -2.93. The molecule has 0 fully saturated rings. The van der Waals surface area contributed by atoms with Gasteiger partial charge in [-0.2, -0.15) is 4.31 Å². The van der Waals surface area contributed by atoms with Crippen LogP contribution < -0.4 is 0 Å². The zero-order valence-electron chi connectivity index (χ0n) is 8.67. The van der Waals surface area contributed by atoms with Crippen molar-refractivity contribution in [3.05, 3.63) is 0 Å². The number of hydrogen-bond donors (Lipinski definition) is 8. The van der Waals surface area contributed by atoms with Crippen LogP contribution >= 0.6 is 15.6 Å². The molecule has 2 unspecified atom stereocenters. The lowest BCUT2D eigenvalue weighted by molar-refractivity contribution is -0.165. The molecule has 0 saturated heterocycles. The van der Waals surface area contributed by atoms with Crippen molar-refractivity contribution in [1.82, 2.24) is 0 Å². The monoisotopic (exact) mass is 328 g/mol. The van der Waals surface area contributed by atoms with Crippen LogP contribution in [0.2, 0.25) is 0 Å². The first kappa shape index (κ1) is 20.4. The Bertz CT molecular complexity index is 365. The van der Waals surface area contributed by atoms with Gasteiger partial charge in [-0.05, 0) is 0 Å². The Kier molecular flexibility index (Phi) is 8.23. The van der Waals surface area contributed by atoms with E-state index in [9.17, 15) is 18.7 Å². The molecule has 0 bridgehead atoms. The highest BCUT2D eigenvalue weighted by molar-refractivity contribution is 7.60. The minimum absolute atomic E-state index is 1.77. The molecule has 19 heavy (non-hydrogen) atoms. The first-order valence-corrected chi connectivity index (χ1v) is 6.87. The minimum Gasteiger partial charge on any atom is -0.479 e. The highest BCUT2D eigenvalue weighted by Crippen LogP contribution is 2.53. The zero-order chi connectivity index (χ0) is 16.0. The fourth-order valence-corrected chi connectivity index (χ4v) is 1.52. The SMILES string of the molecule is O=C(O)C(O)C(O)C(=O)O.O=P(O)(O)OP(=O)(O)O. The molecule has 0 spiro atoms. The molecule has 0 saturated carbocycles. The summed E-state index contributed by atoms with van der Waals surface area (Å²) in [5, 5.41) is 32.5. The van der Waals surface area contributed by atoms with Crippen LogP contribution in [-0.4, -0.2) is 64.1 Å². The van der Waals surface area contributed by atoms with Gasteiger partial charge in [-0.1, -0.05) is 0 Å². The minimum atomic E-state index is -5.05. The zero-order valence-corrected chi connectivity index (χ0v) is 10.5. The lowest BCUT2D eigenvalue weighted by Crippen LogP contribution is -2.39. The molecule has 15 heteroatoms. The largest absolute Gasteiger partial charge is 0.479 e. The summed E-state index contributed by atoms with van der Waals surface area (Å²) in [5.41, 5.74) is 0. The smallest absolute Gasteiger partial charge is 0.478 e. The third kappa shape index (κ3) is 13.4. The van der Waals surface area contributed by atoms with Crippen molar-refractivity contribution >= 4 is 27.6 Å². The highest BCUT2D eigenvalue weighted by atomic mass is 31.3. The van der Waals surface area contributed by atoms with Crippen LogP contribution in [0.3, 0.4) is 0 Å². The van der Waals surface area contributed by atoms with E-state index in [0.29, 0.717) is 0 Å². The Hall–Kier alpha value is -0.880. The van der Waals surface area contributed by atoms with Gasteiger partial charge in [-0.15, -0.1) is 0 Å². The van der Waals surface area contributed by atoms with Crippen molar-refractivity contribution < 1.29 is 63.0 Å². The van der Waals surface area contributed by atoms with Gasteiger partial charge in [-0.3, -0.25) is 0 Å². The van der Waals surface area contributed by atoms with E-state index >= 15 is 0 Å². The average molecular weight is 328 g/mol. The van der Waals surface area contributed by atoms with E-state index in [0.717, 1.165) is 0 Å². The van der Waals surface area contributed by atoms with Gasteiger partial charge in [0.25, 0.3) is 0 Å². The highest BCUT2D eigenvalue weighted by Gasteiger charge is 2.29. The molecular weight excluding hydrogens is 318 g/mol. The molecule has 2 atom stereocenters. The number of carboxylic acids is 2. The van der Waals surface area contributed by atoms with Crippen LogP contribution in [0, 0.1) is 0 Å². The standard InChI is InChI=1S/C4H6O6.H4O7P2/c5-1(3(7)8)2(6)4(9)10;1-8(2,3)7-9(4,5)6/h1-2,5-6H,(H,7,8)(H,9,10);(H2,1,2,3)(H2,4,5,6). The Morgan fingerprint density at radius 1 is 0.789 bits per heavy atom. The molecule has 0 rings (SSSR count). The number of aliphatic carboxylic acids is 2. The Morgan fingerprint density at radius 2 is 1.00 bits per heavy atom. The summed E-state index contributed by atoms with van der Waals surface area (Å²) in [6, 6.07) is 0. The molecule has 0 aromatic heterocycles. The van der Waals surface area contributed by atoms with Crippen molar-refractivity contribution in [3.8, 4) is 0 Å². The van der Waals surface area contributed by atoms with Gasteiger partial charge in [0.15, 0.2) is 12.2 Å². The fraction of sp³-hybridized carbons (Fsp3) is 0.500. The van der Waals surface area contributed by atoms with Gasteiger partial charge in [0.1, 0.15) is 0 Å². The summed E-state index contributed by atoms with van der Waals surface area (Å²) in [7, 11) is -10.1. The van der Waals surface area contributed by atoms with Crippen molar-refractivity contribution in [2.45, 2.75) is 12.2 Å². The number of phosphoric acid groups is 2. The molecular formula is C4H10O13P2. The van der Waals surface area contributed by atoms with Crippen LogP contribution in [0.15, 0.2) is 0 Å². The van der Waals surface area contributed by atoms with Gasteiger partial charge >= 0.3 is 27.6 Å². The summed E-state index contributed by atoms with van der Waals surface area (Å²) < 4.78 is 22.2. The summed E-state index contributed by atoms with van der Waals surface area (Å²) in [4.78, 5) is 50.5. The quantitative estimate of drug-likeness (QED) is 0.236. The second-order valence-corrected chi connectivity index (χ2v) is 5.24. The maximum atomic E-state index is 9.77. The molecule has 0 aliphatic carbocycles. The Balaban J connectivity index is 0. The molecule has 0 aromatic carbocycles. The molecule has 0 amide bonds. The van der Waals surface area contributed by atoms with E-state index in [1.165, 1.54) is 0 Å². The van der Waals surface area contributed by atoms with Crippen LogP contribution in [0.5, 0.6) is 0 Å². The maximum absolute atomic E-state index is 9.77. The van der Waals surface area contributed by atoms with Gasteiger partial charge in [0.2, 0.25) is 0 Å². The molecule has 114 valence electrons. The van der Waals surface area contributed by atoms with E-state index in [4.69, 9.17) is 40.0 Å². The lowest BCUT2D eigenvalue weighted by Gasteiger charge is -2.07. The van der Waals surface area contributed by atoms with Crippen LogP contribution in [0.1, 0.15) is 0 Å². The molecule has 8 N–H and O–H groups in total. The van der Waals surface area contributed by atoms with Gasteiger partial charge in [0, 0.05) is 0 Å². The van der Waals surface area contributed by atoms with E-state index < -0.39 is 39.8 Å². The fourth-order valence-electron chi connectivity index (χ4n) is 0.409. The lowest BCUT2D eigenvalue weighted by atomic mass is 10.2. The van der Waals surface area contributed by atoms with Crippen LogP contribution in [0.4, 0.5) is 0 Å². The number of aliphatic hydroxyl groups excluding tert-OH is 2. The van der Waals surface area contributed by atoms with E-state index in [2.05, 4.69) is 4.31 Å². The van der Waals surface area contributed by atoms with Crippen molar-refractivity contribution in [2.24, 2.45) is 0 Å². The predicted molar refractivity (Wildman–Crippen MR) is 52.5 cm³/mol. The van der Waals surface area contributed by atoms with Crippen LogP contribution in [-0.2, 0) is 23.0 Å². The van der Waals surface area contributed by atoms with Gasteiger partial charge in [0.05, 0.1) is 0 Å². The third-order valence-corrected chi connectivity index (χ3v) is 2.72. The number of hydrogen-bond acceptors (Lipinski definition) is 7. The summed E-state index contributed by atoms with van der Waals surface area (Å²) in [6.07, 6.45) is -4.53. The maximum Gasteiger partial charge on any atom is 0.478 e. The molecule has 0 aliphatic rings. The van der Waals surface area contributed by atoms with Crippen molar-refractivity contribution in [1.29, 1.82) is 0 Å². The van der Waals surface area contributed by atoms with Crippen molar-refractivity contribution in [3.63, 3.8) is 0 Å². The molecule has 0 radical (unpaired) electrons. The second-order valence-electron chi connectivity index (χ2n) is 2.63. The van der Waals surface area contributed by atoms with Gasteiger partial charge < -0.3 is 40.0 Å². The molecule has 13 nitrogen and oxygen atoms in total. The normalized spacial score (nSPS) is 14.8. The van der Waals surface area contributed by atoms with E-state index in [1.807, 2.05) is 0 Å². The Morgan fingerprint density at radius 3 is 1.05 bits per heavy atom. The van der Waals surface area contributed by atoms with E-state index in [-0.39, 0.29) is 0 Å². The Labute approximate surface area is 104 Å². The number of rotatable bonds is 5. The number of aliphatic hydroxyl groups is 2. The summed E-state index contributed by atoms with van der Waals surface area (Å²) in [6.45, 7) is 0. The third-order valence-electron chi connectivity index (χ3n) is 1.02. The molecule has 0 aliphatic heterocycles. The first-order chi connectivity index (χ1) is 8.17. The first-order valence-electron chi connectivity index (χ1n) is 3.81. The van der Waals surface area contributed by atoms with Crippen molar-refractivity contribution in [2.75, 3.05) is 0 Å². The molecule has 0 aromatic rings. The van der Waals surface area contributed by atoms with Gasteiger partial charge in [-0.25, -0.2) is 18.7 Å². The summed E-state index contributed by atoms with van der Waals surface area (Å²) >= 11 is 0. The number of carboxylic acid groups (broad SMARTS) is 2. The van der Waals surface area contributed by atoms with E-state index in [1.54, 1.807) is 0 Å². The molecule has 0 heterocycles. The average Bonchev–Trinajstić information content (AvgIpc) is 2.09. The second kappa shape index (κ2) is 7.65. The topological polar surface area (TPSA) is 239 Å². The number of carbonyl (C=O) groups is 2. The van der Waals surface area contributed by atoms with Crippen LogP contribution in [0.25, 0.3) is 0 Å². The summed E-state index contributed by atoms with van der Waals surface area (Å²) in [5.74, 6) is -3.54.